The summed E-state index contributed by atoms with van der Waals surface area (Å²) in [5, 5.41) is 0. The van der Waals surface area contributed by atoms with E-state index in [2.05, 4.69) is 128 Å². The third kappa shape index (κ3) is 7.48. The van der Waals surface area contributed by atoms with Crippen LogP contribution in [-0.2, 0) is 27.1 Å². The predicted molar refractivity (Wildman–Crippen MR) is 157 cm³/mol. The third-order valence-electron chi connectivity index (χ3n) is 6.57. The summed E-state index contributed by atoms with van der Waals surface area (Å²) in [5.41, 5.74) is 5.28. The van der Waals surface area contributed by atoms with Crippen molar-refractivity contribution in [2.75, 3.05) is 0 Å². The lowest BCUT2D eigenvalue weighted by Gasteiger charge is -2.33. The average Bonchev–Trinajstić information content (AvgIpc) is 2.63. The van der Waals surface area contributed by atoms with E-state index in [0.717, 1.165) is 22.4 Å². The Bertz CT molecular complexity index is 1030. The van der Waals surface area contributed by atoms with E-state index < -0.39 is 8.60 Å². The highest BCUT2D eigenvalue weighted by atomic mass is 31.2. The molecule has 0 aliphatic carbocycles. The van der Waals surface area contributed by atoms with Crippen LogP contribution in [0.2, 0.25) is 0 Å². The van der Waals surface area contributed by atoms with Crippen molar-refractivity contribution in [3.63, 3.8) is 0 Å². The first kappa shape index (κ1) is 30.7. The van der Waals surface area contributed by atoms with Gasteiger partial charge in [0.25, 0.3) is 0 Å². The third-order valence-corrected chi connectivity index (χ3v) is 7.26. The number of hydrogen-bond acceptors (Lipinski definition) is 3. The molecular formula is C32H51O3P. The lowest BCUT2D eigenvalue weighted by molar-refractivity contribution is 0.365. The Morgan fingerprint density at radius 2 is 0.889 bits per heavy atom. The van der Waals surface area contributed by atoms with Crippen LogP contribution in [0.4, 0.5) is 0 Å². The van der Waals surface area contributed by atoms with Gasteiger partial charge in [-0.05, 0) is 44.3 Å². The SMILES string of the molecule is CC(C)(C)c1ccc(OP(O)Oc2c(C(C)(C)C)cc(C(C)(C)C)cc2C(C)(C)C)c(C(C)(C)C)c1. The summed E-state index contributed by atoms with van der Waals surface area (Å²) < 4.78 is 12.5. The molecular weight excluding hydrogens is 463 g/mol. The molecule has 1 atom stereocenters. The zero-order valence-corrected chi connectivity index (χ0v) is 26.5. The topological polar surface area (TPSA) is 38.7 Å². The molecule has 0 aliphatic heterocycles. The largest absolute Gasteiger partial charge is 0.460 e. The highest BCUT2D eigenvalue weighted by Crippen LogP contribution is 2.49. The minimum atomic E-state index is -2.20. The summed E-state index contributed by atoms with van der Waals surface area (Å²) in [6.45, 7) is 33.0. The molecule has 0 fully saturated rings. The Hall–Kier alpha value is -1.57. The van der Waals surface area contributed by atoms with Crippen molar-refractivity contribution in [1.82, 2.24) is 0 Å². The van der Waals surface area contributed by atoms with Crippen molar-refractivity contribution in [1.29, 1.82) is 0 Å². The highest BCUT2D eigenvalue weighted by molar-refractivity contribution is 7.41. The Morgan fingerprint density at radius 3 is 1.25 bits per heavy atom. The second-order valence-corrected chi connectivity index (χ2v) is 16.1. The van der Waals surface area contributed by atoms with Gasteiger partial charge in [0, 0.05) is 16.7 Å². The van der Waals surface area contributed by atoms with Crippen LogP contribution in [0.5, 0.6) is 11.5 Å². The van der Waals surface area contributed by atoms with E-state index >= 15 is 0 Å². The Balaban J connectivity index is 2.61. The summed E-state index contributed by atoms with van der Waals surface area (Å²) in [5.74, 6) is 1.41. The van der Waals surface area contributed by atoms with Crippen molar-refractivity contribution in [2.24, 2.45) is 0 Å². The minimum absolute atomic E-state index is 0.00457. The van der Waals surface area contributed by atoms with Gasteiger partial charge in [0.2, 0.25) is 0 Å². The number of benzene rings is 2. The van der Waals surface area contributed by atoms with Gasteiger partial charge in [-0.15, -0.1) is 0 Å². The average molecular weight is 515 g/mol. The van der Waals surface area contributed by atoms with Gasteiger partial charge in [0.15, 0.2) is 0 Å². The van der Waals surface area contributed by atoms with Gasteiger partial charge in [-0.2, -0.15) is 0 Å². The molecule has 2 aromatic carbocycles. The van der Waals surface area contributed by atoms with Gasteiger partial charge >= 0.3 is 8.60 Å². The fourth-order valence-electron chi connectivity index (χ4n) is 4.12. The molecule has 2 aromatic rings. The van der Waals surface area contributed by atoms with Crippen LogP contribution in [-0.4, -0.2) is 4.89 Å². The van der Waals surface area contributed by atoms with E-state index in [9.17, 15) is 4.89 Å². The molecule has 0 aliphatic rings. The quantitative estimate of drug-likeness (QED) is 0.413. The van der Waals surface area contributed by atoms with Crippen molar-refractivity contribution in [2.45, 2.75) is 131 Å². The van der Waals surface area contributed by atoms with E-state index in [0.29, 0.717) is 5.75 Å². The van der Waals surface area contributed by atoms with E-state index in [1.165, 1.54) is 11.1 Å². The number of rotatable bonds is 4. The van der Waals surface area contributed by atoms with E-state index in [1.54, 1.807) is 0 Å². The Labute approximate surface area is 223 Å². The minimum Gasteiger partial charge on any atom is -0.418 e. The molecule has 4 heteroatoms. The molecule has 1 N–H and O–H groups in total. The van der Waals surface area contributed by atoms with Crippen LogP contribution < -0.4 is 9.05 Å². The van der Waals surface area contributed by atoms with E-state index in [4.69, 9.17) is 9.05 Å². The zero-order chi connectivity index (χ0) is 28.1. The van der Waals surface area contributed by atoms with Crippen LogP contribution in [0.25, 0.3) is 0 Å². The summed E-state index contributed by atoms with van der Waals surface area (Å²) in [6, 6.07) is 10.8. The molecule has 0 saturated heterocycles. The maximum atomic E-state index is 11.2. The van der Waals surface area contributed by atoms with Gasteiger partial charge in [-0.25, -0.2) is 0 Å². The molecule has 2 rings (SSSR count). The normalized spacial score (nSPS) is 14.6. The molecule has 1 unspecified atom stereocenters. The standard InChI is InChI=1S/C32H51O3P/c1-28(2,3)21-16-17-26(23(18-21)30(7,8)9)34-36(33)35-27-24(31(10,11)12)19-22(29(4,5)6)20-25(27)32(13,14)15/h16-20,33H,1-15H3. The highest BCUT2D eigenvalue weighted by Gasteiger charge is 2.33. The molecule has 0 saturated carbocycles. The fourth-order valence-corrected chi connectivity index (χ4v) is 4.84. The Kier molecular flexibility index (Phi) is 8.48. The Morgan fingerprint density at radius 1 is 0.500 bits per heavy atom. The summed E-state index contributed by atoms with van der Waals surface area (Å²) in [7, 11) is -2.20. The van der Waals surface area contributed by atoms with E-state index in [1.807, 2.05) is 6.07 Å². The fraction of sp³-hybridized carbons (Fsp3) is 0.625. The van der Waals surface area contributed by atoms with Gasteiger partial charge in [0.05, 0.1) is 0 Å². The molecule has 0 radical (unpaired) electrons. The summed E-state index contributed by atoms with van der Waals surface area (Å²) in [6.07, 6.45) is 0. The first-order chi connectivity index (χ1) is 15.9. The van der Waals surface area contributed by atoms with Crippen molar-refractivity contribution in [3.8, 4) is 11.5 Å². The molecule has 36 heavy (non-hydrogen) atoms. The monoisotopic (exact) mass is 514 g/mol. The van der Waals surface area contributed by atoms with Crippen LogP contribution in [0.15, 0.2) is 30.3 Å². The van der Waals surface area contributed by atoms with Crippen LogP contribution in [0.3, 0.4) is 0 Å². The lowest BCUT2D eigenvalue weighted by Crippen LogP contribution is -2.22. The smallest absolute Gasteiger partial charge is 0.418 e. The van der Waals surface area contributed by atoms with Gasteiger partial charge < -0.3 is 13.9 Å². The van der Waals surface area contributed by atoms with Gasteiger partial charge in [-0.3, -0.25) is 0 Å². The first-order valence-corrected chi connectivity index (χ1v) is 14.2. The predicted octanol–water partition coefficient (Wildman–Crippen LogP) is 9.85. The maximum absolute atomic E-state index is 11.2. The molecule has 0 spiro atoms. The van der Waals surface area contributed by atoms with Gasteiger partial charge in [-0.1, -0.05) is 128 Å². The molecule has 0 bridgehead atoms. The number of hydrogen-bond donors (Lipinski definition) is 1. The molecule has 0 amide bonds. The lowest BCUT2D eigenvalue weighted by atomic mass is 9.75. The van der Waals surface area contributed by atoms with Crippen molar-refractivity contribution >= 4 is 8.60 Å². The zero-order valence-electron chi connectivity index (χ0n) is 25.6. The molecule has 202 valence electrons. The van der Waals surface area contributed by atoms with Crippen LogP contribution in [0, 0.1) is 0 Å². The van der Waals surface area contributed by atoms with Crippen molar-refractivity contribution < 1.29 is 13.9 Å². The summed E-state index contributed by atoms with van der Waals surface area (Å²) in [4.78, 5) is 11.2. The van der Waals surface area contributed by atoms with Crippen LogP contribution in [0.1, 0.15) is 132 Å². The molecule has 0 heterocycles. The van der Waals surface area contributed by atoms with Gasteiger partial charge in [0.1, 0.15) is 11.5 Å². The molecule has 0 aromatic heterocycles. The summed E-state index contributed by atoms with van der Waals surface area (Å²) >= 11 is 0. The first-order valence-electron chi connectivity index (χ1n) is 13.1. The van der Waals surface area contributed by atoms with Crippen molar-refractivity contribution in [3.05, 3.63) is 58.1 Å². The molecule has 3 nitrogen and oxygen atoms in total. The second kappa shape index (κ2) is 9.95. The maximum Gasteiger partial charge on any atom is 0.460 e. The van der Waals surface area contributed by atoms with E-state index in [-0.39, 0.29) is 27.1 Å². The second-order valence-electron chi connectivity index (χ2n) is 15.3. The van der Waals surface area contributed by atoms with Crippen LogP contribution >= 0.6 is 8.60 Å².